The predicted molar refractivity (Wildman–Crippen MR) is 125 cm³/mol. The van der Waals surface area contributed by atoms with Gasteiger partial charge in [0.15, 0.2) is 0 Å². The van der Waals surface area contributed by atoms with E-state index in [1.54, 1.807) is 60.7 Å². The molecule has 0 saturated carbocycles. The summed E-state index contributed by atoms with van der Waals surface area (Å²) in [6, 6.07) is 29.5. The Kier molecular flexibility index (Phi) is 5.16. The molecule has 0 spiro atoms. The van der Waals surface area contributed by atoms with Crippen LogP contribution in [0.1, 0.15) is 31.1 Å². The number of nitrogens with zero attached hydrogens (tertiary/aromatic N) is 1. The molecule has 0 aliphatic carbocycles. The molecule has 0 aromatic heterocycles. The second-order valence-corrected chi connectivity index (χ2v) is 7.44. The van der Waals surface area contributed by atoms with E-state index in [1.807, 2.05) is 36.4 Å². The van der Waals surface area contributed by atoms with Gasteiger partial charge in [-0.3, -0.25) is 14.4 Å². The van der Waals surface area contributed by atoms with Gasteiger partial charge in [0, 0.05) is 11.3 Å². The second-order valence-electron chi connectivity index (χ2n) is 7.44. The van der Waals surface area contributed by atoms with Crippen LogP contribution in [0.4, 0.5) is 11.4 Å². The quantitative estimate of drug-likeness (QED) is 0.419. The summed E-state index contributed by atoms with van der Waals surface area (Å²) in [5.74, 6) is 0.136. The molecule has 3 amide bonds. The van der Waals surface area contributed by atoms with Crippen molar-refractivity contribution in [1.82, 2.24) is 0 Å². The number of benzene rings is 4. The largest absolute Gasteiger partial charge is 0.457 e. The molecule has 5 rings (SSSR count). The summed E-state index contributed by atoms with van der Waals surface area (Å²) >= 11 is 0. The molecule has 0 saturated heterocycles. The summed E-state index contributed by atoms with van der Waals surface area (Å²) in [4.78, 5) is 39.5. The molecule has 1 aliphatic rings. The molecule has 33 heavy (non-hydrogen) atoms. The summed E-state index contributed by atoms with van der Waals surface area (Å²) in [7, 11) is 0. The van der Waals surface area contributed by atoms with Crippen molar-refractivity contribution in [1.29, 1.82) is 0 Å². The Morgan fingerprint density at radius 2 is 1.27 bits per heavy atom. The van der Waals surface area contributed by atoms with E-state index >= 15 is 0 Å². The van der Waals surface area contributed by atoms with Crippen molar-refractivity contribution in [2.75, 3.05) is 10.2 Å². The van der Waals surface area contributed by atoms with Gasteiger partial charge in [0.2, 0.25) is 0 Å². The summed E-state index contributed by atoms with van der Waals surface area (Å²) in [6.07, 6.45) is 0. The highest BCUT2D eigenvalue weighted by Crippen LogP contribution is 2.32. The minimum atomic E-state index is -0.442. The van der Waals surface area contributed by atoms with Crippen LogP contribution in [-0.4, -0.2) is 17.7 Å². The third kappa shape index (κ3) is 3.97. The Labute approximate surface area is 190 Å². The van der Waals surface area contributed by atoms with E-state index in [-0.39, 0.29) is 11.5 Å². The Hall–Kier alpha value is -4.71. The molecule has 1 heterocycles. The molecule has 4 aromatic carbocycles. The van der Waals surface area contributed by atoms with Gasteiger partial charge in [-0.25, -0.2) is 4.90 Å². The van der Waals surface area contributed by atoms with E-state index in [9.17, 15) is 14.4 Å². The van der Waals surface area contributed by atoms with Crippen molar-refractivity contribution < 1.29 is 19.1 Å². The smallest absolute Gasteiger partial charge is 0.266 e. The van der Waals surface area contributed by atoms with Gasteiger partial charge in [-0.2, -0.15) is 0 Å². The van der Waals surface area contributed by atoms with Gasteiger partial charge in [-0.05, 0) is 66.7 Å². The van der Waals surface area contributed by atoms with Crippen LogP contribution in [0.2, 0.25) is 0 Å². The molecule has 160 valence electrons. The van der Waals surface area contributed by atoms with E-state index in [0.29, 0.717) is 34.0 Å². The summed E-state index contributed by atoms with van der Waals surface area (Å²) < 4.78 is 5.77. The van der Waals surface area contributed by atoms with Crippen molar-refractivity contribution in [3.63, 3.8) is 0 Å². The number of nitrogens with one attached hydrogen (secondary N) is 1. The summed E-state index contributed by atoms with van der Waals surface area (Å²) in [5.41, 5.74) is 1.92. The number of amides is 3. The Morgan fingerprint density at radius 1 is 0.667 bits per heavy atom. The lowest BCUT2D eigenvalue weighted by molar-refractivity contribution is 0.0924. The predicted octanol–water partition coefficient (Wildman–Crippen LogP) is 5.53. The highest BCUT2D eigenvalue weighted by atomic mass is 16.5. The second kappa shape index (κ2) is 8.43. The molecule has 0 unspecified atom stereocenters. The summed E-state index contributed by atoms with van der Waals surface area (Å²) in [5, 5.41) is 2.77. The summed E-state index contributed by atoms with van der Waals surface area (Å²) in [6.45, 7) is 0. The number of imide groups is 1. The maximum Gasteiger partial charge on any atom is 0.266 e. The molecule has 6 heteroatoms. The van der Waals surface area contributed by atoms with Crippen LogP contribution in [0.3, 0.4) is 0 Å². The van der Waals surface area contributed by atoms with Gasteiger partial charge >= 0.3 is 0 Å². The zero-order valence-electron chi connectivity index (χ0n) is 17.4. The fraction of sp³-hybridized carbons (Fsp3) is 0. The standard InChI is InChI=1S/C27H18N2O4/c30-25(18-7-3-1-4-8-18)28-19-11-16-23-24(17-19)27(32)29(26(23)31)20-12-14-22(15-13-20)33-21-9-5-2-6-10-21/h1-17H,(H,28,30). The van der Waals surface area contributed by atoms with E-state index < -0.39 is 11.8 Å². The van der Waals surface area contributed by atoms with Gasteiger partial charge in [-0.15, -0.1) is 0 Å². The van der Waals surface area contributed by atoms with E-state index in [0.717, 1.165) is 4.90 Å². The first-order chi connectivity index (χ1) is 16.1. The van der Waals surface area contributed by atoms with E-state index in [2.05, 4.69) is 5.32 Å². The first kappa shape index (κ1) is 20.2. The molecule has 0 fully saturated rings. The number of hydrogen-bond donors (Lipinski definition) is 1. The van der Waals surface area contributed by atoms with Crippen LogP contribution in [0.15, 0.2) is 103 Å². The number of hydrogen-bond acceptors (Lipinski definition) is 4. The molecule has 0 bridgehead atoms. The fourth-order valence-corrected chi connectivity index (χ4v) is 3.63. The van der Waals surface area contributed by atoms with E-state index in [1.165, 1.54) is 6.07 Å². The maximum atomic E-state index is 13.1. The van der Waals surface area contributed by atoms with Gasteiger partial charge in [0.1, 0.15) is 11.5 Å². The molecule has 1 N–H and O–H groups in total. The zero-order valence-corrected chi connectivity index (χ0v) is 17.4. The number of anilines is 2. The average molecular weight is 434 g/mol. The number of fused-ring (bicyclic) bond motifs is 1. The van der Waals surface area contributed by atoms with Crippen LogP contribution in [0, 0.1) is 0 Å². The molecular weight excluding hydrogens is 416 g/mol. The average Bonchev–Trinajstić information content (AvgIpc) is 3.10. The van der Waals surface area contributed by atoms with Gasteiger partial charge in [0.05, 0.1) is 16.8 Å². The maximum absolute atomic E-state index is 13.1. The van der Waals surface area contributed by atoms with Crippen molar-refractivity contribution in [2.45, 2.75) is 0 Å². The molecule has 0 radical (unpaired) electrons. The normalized spacial score (nSPS) is 12.4. The lowest BCUT2D eigenvalue weighted by Crippen LogP contribution is -2.29. The molecule has 0 atom stereocenters. The fourth-order valence-electron chi connectivity index (χ4n) is 3.63. The lowest BCUT2D eigenvalue weighted by atomic mass is 10.1. The molecule has 1 aliphatic heterocycles. The minimum Gasteiger partial charge on any atom is -0.457 e. The number of ether oxygens (including phenoxy) is 1. The van der Waals surface area contributed by atoms with Crippen LogP contribution < -0.4 is 15.0 Å². The van der Waals surface area contributed by atoms with E-state index in [4.69, 9.17) is 4.74 Å². The zero-order chi connectivity index (χ0) is 22.8. The first-order valence-electron chi connectivity index (χ1n) is 10.3. The highest BCUT2D eigenvalue weighted by Gasteiger charge is 2.36. The third-order valence-corrected chi connectivity index (χ3v) is 5.25. The molecule has 6 nitrogen and oxygen atoms in total. The van der Waals surface area contributed by atoms with Crippen LogP contribution >= 0.6 is 0 Å². The Morgan fingerprint density at radius 3 is 1.97 bits per heavy atom. The lowest BCUT2D eigenvalue weighted by Gasteiger charge is -2.14. The van der Waals surface area contributed by atoms with Crippen LogP contribution in [0.5, 0.6) is 11.5 Å². The van der Waals surface area contributed by atoms with Gasteiger partial charge in [-0.1, -0.05) is 36.4 Å². The Bertz CT molecular complexity index is 1350. The third-order valence-electron chi connectivity index (χ3n) is 5.25. The van der Waals surface area contributed by atoms with Gasteiger partial charge < -0.3 is 10.1 Å². The number of carbonyl (C=O) groups is 3. The van der Waals surface area contributed by atoms with Crippen molar-refractivity contribution in [3.05, 3.63) is 120 Å². The number of rotatable bonds is 5. The van der Waals surface area contributed by atoms with Crippen molar-refractivity contribution in [3.8, 4) is 11.5 Å². The number of para-hydroxylation sites is 1. The topological polar surface area (TPSA) is 75.7 Å². The first-order valence-corrected chi connectivity index (χ1v) is 10.3. The van der Waals surface area contributed by atoms with Crippen LogP contribution in [-0.2, 0) is 0 Å². The van der Waals surface area contributed by atoms with Crippen molar-refractivity contribution >= 4 is 29.1 Å². The van der Waals surface area contributed by atoms with Gasteiger partial charge in [0.25, 0.3) is 17.7 Å². The van der Waals surface area contributed by atoms with Crippen molar-refractivity contribution in [2.24, 2.45) is 0 Å². The SMILES string of the molecule is O=C(Nc1ccc2c(c1)C(=O)N(c1ccc(Oc3ccccc3)cc1)C2=O)c1ccccc1. The van der Waals surface area contributed by atoms with Crippen LogP contribution in [0.25, 0.3) is 0 Å². The number of carbonyl (C=O) groups excluding carboxylic acids is 3. The minimum absolute atomic E-state index is 0.246. The Balaban J connectivity index is 1.35. The molecule has 4 aromatic rings. The highest BCUT2D eigenvalue weighted by molar-refractivity contribution is 6.34. The molecular formula is C27H18N2O4. The monoisotopic (exact) mass is 434 g/mol.